The Hall–Kier alpha value is -1.84. The molecule has 0 aromatic carbocycles. The van der Waals surface area contributed by atoms with Gasteiger partial charge in [0.25, 0.3) is 0 Å². The molecule has 0 bridgehead atoms. The van der Waals surface area contributed by atoms with Gasteiger partial charge in [0.2, 0.25) is 0 Å². The van der Waals surface area contributed by atoms with E-state index in [1.165, 1.54) is 0 Å². The minimum absolute atomic E-state index is 0. The Bertz CT molecular complexity index is 384. The molecule has 0 aliphatic heterocycles. The van der Waals surface area contributed by atoms with Crippen molar-refractivity contribution < 1.29 is 50.0 Å². The molecule has 16 heavy (non-hydrogen) atoms. The van der Waals surface area contributed by atoms with Gasteiger partial charge in [0.15, 0.2) is 0 Å². The Morgan fingerprint density at radius 2 is 1.31 bits per heavy atom. The zero-order chi connectivity index (χ0) is 11.6. The van der Waals surface area contributed by atoms with Gasteiger partial charge in [-0.15, -0.1) is 0 Å². The number of aromatic carboxylic acids is 3. The number of aromatic nitrogens is 1. The van der Waals surface area contributed by atoms with E-state index in [4.69, 9.17) is 15.3 Å². The monoisotopic (exact) mass is 219 g/mol. The Balaban J connectivity index is 0. The fourth-order valence-electron chi connectivity index (χ4n) is 0.873. The van der Waals surface area contributed by atoms with Crippen molar-refractivity contribution in [3.8, 4) is 0 Å². The van der Waals surface area contributed by atoms with E-state index in [1.807, 2.05) is 0 Å². The van der Waals surface area contributed by atoms with E-state index in [0.717, 1.165) is 12.1 Å². The Labute approximate surface area is 102 Å². The largest absolute Gasteiger partial charge is 1.00 e. The summed E-state index contributed by atoms with van der Waals surface area (Å²) in [5, 5.41) is 25.7. The Morgan fingerprint density at radius 3 is 1.56 bits per heavy atom. The van der Waals surface area contributed by atoms with Crippen LogP contribution in [-0.2, 0) is 0 Å². The molecule has 1 rings (SSSR count). The molecular weight excluding hydrogens is 213 g/mol. The van der Waals surface area contributed by atoms with Gasteiger partial charge in [-0.1, -0.05) is 0 Å². The maximum atomic E-state index is 10.5. The first-order valence-corrected chi connectivity index (χ1v) is 3.64. The van der Waals surface area contributed by atoms with Gasteiger partial charge in [0.1, 0.15) is 11.4 Å². The third-order valence-electron chi connectivity index (χ3n) is 1.51. The van der Waals surface area contributed by atoms with Crippen LogP contribution in [0.2, 0.25) is 0 Å². The van der Waals surface area contributed by atoms with Crippen molar-refractivity contribution in [3.05, 3.63) is 29.1 Å². The first-order valence-electron chi connectivity index (χ1n) is 3.64. The molecule has 1 aromatic rings. The van der Waals surface area contributed by atoms with E-state index in [2.05, 4.69) is 4.98 Å². The molecule has 0 fully saturated rings. The molecule has 0 aliphatic carbocycles. The van der Waals surface area contributed by atoms with Crippen LogP contribution in [0.4, 0.5) is 0 Å². The maximum Gasteiger partial charge on any atom is 1.00 e. The van der Waals surface area contributed by atoms with Gasteiger partial charge in [-0.05, 0) is 12.1 Å². The molecule has 0 saturated heterocycles. The molecule has 8 heteroatoms. The third-order valence-corrected chi connectivity index (χ3v) is 1.51. The van der Waals surface area contributed by atoms with Crippen LogP contribution in [-0.4, -0.2) is 38.2 Å². The number of pyridine rings is 1. The van der Waals surface area contributed by atoms with Crippen molar-refractivity contribution in [1.82, 2.24) is 4.98 Å². The summed E-state index contributed by atoms with van der Waals surface area (Å²) >= 11 is 0. The second-order valence-electron chi connectivity index (χ2n) is 2.54. The minimum atomic E-state index is -1.49. The van der Waals surface area contributed by atoms with Crippen LogP contribution in [0.1, 0.15) is 32.8 Å². The average Bonchev–Trinajstić information content (AvgIpc) is 2.16. The number of nitrogens with zero attached hydrogens (tertiary/aromatic N) is 1. The van der Waals surface area contributed by atoms with Crippen LogP contribution in [0.15, 0.2) is 12.1 Å². The second kappa shape index (κ2) is 5.30. The number of carbonyl (C=O) groups is 3. The fraction of sp³-hybridized carbons (Fsp3) is 0. The van der Waals surface area contributed by atoms with Crippen molar-refractivity contribution in [2.24, 2.45) is 0 Å². The topological polar surface area (TPSA) is 125 Å². The fourth-order valence-corrected chi connectivity index (χ4v) is 0.873. The summed E-state index contributed by atoms with van der Waals surface area (Å²) < 4.78 is 0. The van der Waals surface area contributed by atoms with Crippen molar-refractivity contribution in [3.63, 3.8) is 0 Å². The van der Waals surface area contributed by atoms with Gasteiger partial charge in [-0.2, -0.15) is 0 Å². The van der Waals surface area contributed by atoms with Crippen molar-refractivity contribution in [2.45, 2.75) is 0 Å². The van der Waals surface area contributed by atoms with Gasteiger partial charge in [0.05, 0.1) is 5.56 Å². The number of carboxylic acid groups (broad SMARTS) is 3. The predicted octanol–water partition coefficient (Wildman–Crippen LogP) is -2.71. The smallest absolute Gasteiger partial charge is 1.00 e. The summed E-state index contributed by atoms with van der Waals surface area (Å²) in [5.74, 6) is -4.39. The van der Waals surface area contributed by atoms with Gasteiger partial charge >= 0.3 is 36.8 Å². The summed E-state index contributed by atoms with van der Waals surface area (Å²) in [6.07, 6.45) is 0. The van der Waals surface area contributed by atoms with Crippen LogP contribution in [0.3, 0.4) is 0 Å². The number of rotatable bonds is 3. The molecule has 0 spiro atoms. The molecule has 80 valence electrons. The van der Waals surface area contributed by atoms with Gasteiger partial charge in [-0.25, -0.2) is 19.4 Å². The summed E-state index contributed by atoms with van der Waals surface area (Å²) in [6, 6.07) is 1.58. The number of hydrogen-bond acceptors (Lipinski definition) is 4. The summed E-state index contributed by atoms with van der Waals surface area (Å²) in [7, 11) is 0. The molecule has 0 aliphatic rings. The number of hydrogen-bond donors (Lipinski definition) is 3. The van der Waals surface area contributed by atoms with Crippen molar-refractivity contribution >= 4 is 17.9 Å². The second-order valence-corrected chi connectivity index (χ2v) is 2.54. The molecule has 1 aromatic heterocycles. The van der Waals surface area contributed by atoms with E-state index < -0.39 is 34.9 Å². The maximum absolute atomic E-state index is 10.5. The van der Waals surface area contributed by atoms with Crippen molar-refractivity contribution in [2.75, 3.05) is 0 Å². The van der Waals surface area contributed by atoms with Crippen molar-refractivity contribution in [1.29, 1.82) is 0 Å². The first-order chi connectivity index (χ1) is 6.91. The molecule has 0 radical (unpaired) electrons. The molecular formula is C8H6LiNO6. The van der Waals surface area contributed by atoms with Crippen LogP contribution in [0.5, 0.6) is 0 Å². The normalized spacial score (nSPS) is 9.00. The average molecular weight is 219 g/mol. The first kappa shape index (κ1) is 14.2. The van der Waals surface area contributed by atoms with Gasteiger partial charge < -0.3 is 16.7 Å². The minimum Gasteiger partial charge on any atom is -1.00 e. The van der Waals surface area contributed by atoms with Crippen LogP contribution in [0.25, 0.3) is 0 Å². The van der Waals surface area contributed by atoms with E-state index in [0.29, 0.717) is 0 Å². The van der Waals surface area contributed by atoms with Crippen LogP contribution >= 0.6 is 0 Å². The zero-order valence-corrected chi connectivity index (χ0v) is 8.17. The summed E-state index contributed by atoms with van der Waals surface area (Å²) in [4.78, 5) is 34.8. The summed E-state index contributed by atoms with van der Waals surface area (Å²) in [5.41, 5.74) is -1.67. The van der Waals surface area contributed by atoms with Crippen LogP contribution in [0, 0.1) is 0 Å². The standard InChI is InChI=1S/C8H5NO6.Li.H/c10-6(11)3-1-4(7(12)13)9-5(2-3)8(14)15;;/h1-2H,(H,10,11)(H,12,13)(H,14,15);;/q;+1;-1. The molecule has 0 atom stereocenters. The summed E-state index contributed by atoms with van der Waals surface area (Å²) in [6.45, 7) is 0. The Kier molecular flexibility index (Phi) is 4.69. The van der Waals surface area contributed by atoms with E-state index in [-0.39, 0.29) is 20.3 Å². The number of carboxylic acids is 3. The van der Waals surface area contributed by atoms with Gasteiger partial charge in [0, 0.05) is 0 Å². The Morgan fingerprint density at radius 1 is 0.938 bits per heavy atom. The molecule has 3 N–H and O–H groups in total. The quantitative estimate of drug-likeness (QED) is 0.472. The van der Waals surface area contributed by atoms with E-state index in [9.17, 15) is 14.4 Å². The van der Waals surface area contributed by atoms with E-state index in [1.54, 1.807) is 0 Å². The van der Waals surface area contributed by atoms with Gasteiger partial charge in [-0.3, -0.25) is 0 Å². The zero-order valence-electron chi connectivity index (χ0n) is 9.17. The predicted molar refractivity (Wildman–Crippen MR) is 46.2 cm³/mol. The molecule has 1 heterocycles. The molecule has 0 unspecified atom stereocenters. The van der Waals surface area contributed by atoms with Crippen LogP contribution < -0.4 is 18.9 Å². The molecule has 0 amide bonds. The molecule has 0 saturated carbocycles. The van der Waals surface area contributed by atoms with E-state index >= 15 is 0 Å². The third kappa shape index (κ3) is 3.08. The molecule has 7 nitrogen and oxygen atoms in total. The SMILES string of the molecule is O=C(O)c1cc(C(=O)O)nc(C(=O)O)c1.[H-].[Li+].